The van der Waals surface area contributed by atoms with E-state index in [2.05, 4.69) is 17.0 Å². The van der Waals surface area contributed by atoms with E-state index in [1.54, 1.807) is 12.1 Å². The maximum atomic E-state index is 13.4. The van der Waals surface area contributed by atoms with E-state index >= 15 is 0 Å². The van der Waals surface area contributed by atoms with Crippen molar-refractivity contribution < 1.29 is 22.4 Å². The molecule has 0 radical (unpaired) electrons. The van der Waals surface area contributed by atoms with Crippen LogP contribution in [0.3, 0.4) is 0 Å². The minimum absolute atomic E-state index is 0.0280. The number of fused-ring (bicyclic) bond motifs is 1. The summed E-state index contributed by atoms with van der Waals surface area (Å²) < 4.78 is 53.6. The fourth-order valence-electron chi connectivity index (χ4n) is 3.42. The predicted molar refractivity (Wildman–Crippen MR) is 105 cm³/mol. The number of hydrogen-bond donors (Lipinski definition) is 1. The molecule has 30 heavy (non-hydrogen) atoms. The number of carbonyl (C=O) groups is 1. The second-order valence-electron chi connectivity index (χ2n) is 7.39. The second-order valence-corrected chi connectivity index (χ2v) is 7.39. The van der Waals surface area contributed by atoms with Gasteiger partial charge in [-0.05, 0) is 43.0 Å². The van der Waals surface area contributed by atoms with Gasteiger partial charge in [0.1, 0.15) is 11.7 Å². The first-order valence-electron chi connectivity index (χ1n) is 9.56. The quantitative estimate of drug-likeness (QED) is 0.677. The molecule has 1 N–H and O–H groups in total. The lowest BCUT2D eigenvalue weighted by Gasteiger charge is -2.33. The molecule has 1 saturated carbocycles. The number of nitrogens with one attached hydrogen (secondary N) is 1. The van der Waals surface area contributed by atoms with Crippen LogP contribution in [0.1, 0.15) is 36.0 Å². The van der Waals surface area contributed by atoms with Gasteiger partial charge in [0.05, 0.1) is 16.9 Å². The van der Waals surface area contributed by atoms with Gasteiger partial charge in [0.15, 0.2) is 0 Å². The summed E-state index contributed by atoms with van der Waals surface area (Å²) in [6.07, 6.45) is -2.56. The zero-order valence-corrected chi connectivity index (χ0v) is 16.0. The number of hydrazine groups is 1. The van der Waals surface area contributed by atoms with Crippen LogP contribution in [0.2, 0.25) is 0 Å². The number of para-hydroxylation sites is 1. The molecule has 1 fully saturated rings. The molecule has 1 amide bonds. The van der Waals surface area contributed by atoms with Gasteiger partial charge in [-0.25, -0.2) is 14.4 Å². The third kappa shape index (κ3) is 4.08. The van der Waals surface area contributed by atoms with Gasteiger partial charge in [0, 0.05) is 17.9 Å². The molecule has 2 aliphatic rings. The molecule has 1 heterocycles. The average molecular weight is 417 g/mol. The Kier molecular flexibility index (Phi) is 5.09. The van der Waals surface area contributed by atoms with Gasteiger partial charge in [0.2, 0.25) is 5.91 Å². The van der Waals surface area contributed by atoms with Crippen LogP contribution in [0.25, 0.3) is 5.70 Å². The Hall–Kier alpha value is -3.16. The first kappa shape index (κ1) is 20.1. The maximum Gasteiger partial charge on any atom is 0.418 e. The van der Waals surface area contributed by atoms with E-state index in [0.717, 1.165) is 18.9 Å². The summed E-state index contributed by atoms with van der Waals surface area (Å²) >= 11 is 0. The minimum Gasteiger partial charge on any atom is -0.273 e. The summed E-state index contributed by atoms with van der Waals surface area (Å²) in [5.41, 5.74) is 2.87. The lowest BCUT2D eigenvalue weighted by atomic mass is 10.0. The van der Waals surface area contributed by atoms with E-state index in [4.69, 9.17) is 0 Å². The van der Waals surface area contributed by atoms with E-state index in [-0.39, 0.29) is 41.0 Å². The largest absolute Gasteiger partial charge is 0.418 e. The van der Waals surface area contributed by atoms with Gasteiger partial charge >= 0.3 is 6.18 Å². The molecule has 4 nitrogen and oxygen atoms in total. The fourth-order valence-corrected chi connectivity index (χ4v) is 3.42. The van der Waals surface area contributed by atoms with Crippen molar-refractivity contribution in [2.24, 2.45) is 10.9 Å². The molecule has 1 aliphatic carbocycles. The van der Waals surface area contributed by atoms with E-state index in [9.17, 15) is 22.4 Å². The van der Waals surface area contributed by atoms with Crippen LogP contribution in [-0.2, 0) is 17.4 Å². The molecular weight excluding hydrogens is 398 g/mol. The zero-order chi connectivity index (χ0) is 21.5. The number of amides is 1. The highest BCUT2D eigenvalue weighted by molar-refractivity contribution is 6.01. The van der Waals surface area contributed by atoms with Gasteiger partial charge in [-0.3, -0.25) is 10.2 Å². The monoisotopic (exact) mass is 417 g/mol. The smallest absolute Gasteiger partial charge is 0.273 e. The van der Waals surface area contributed by atoms with Crippen LogP contribution in [0.4, 0.5) is 23.2 Å². The number of carbonyl (C=O) groups excluding carboxylic acids is 1. The molecule has 2 aromatic rings. The number of amidine groups is 1. The maximum absolute atomic E-state index is 13.4. The molecule has 0 atom stereocenters. The molecule has 1 aliphatic heterocycles. The number of aliphatic imine (C=N–C) groups is 1. The highest BCUT2D eigenvalue weighted by Gasteiger charge is 2.41. The van der Waals surface area contributed by atoms with E-state index in [0.29, 0.717) is 17.8 Å². The topological polar surface area (TPSA) is 44.7 Å². The summed E-state index contributed by atoms with van der Waals surface area (Å²) in [5, 5.41) is 1.40. The Bertz CT molecular complexity index is 1040. The van der Waals surface area contributed by atoms with E-state index < -0.39 is 11.7 Å². The molecule has 0 saturated heterocycles. The predicted octanol–water partition coefficient (Wildman–Crippen LogP) is 5.23. The Labute approximate surface area is 170 Å². The second kappa shape index (κ2) is 7.59. The number of benzene rings is 2. The third-order valence-corrected chi connectivity index (χ3v) is 5.09. The van der Waals surface area contributed by atoms with Crippen LogP contribution in [0, 0.1) is 11.7 Å². The normalized spacial score (nSPS) is 16.2. The number of aryl methyl sites for hydroxylation is 1. The molecule has 4 rings (SSSR count). The van der Waals surface area contributed by atoms with Gasteiger partial charge in [-0.15, -0.1) is 0 Å². The molecule has 0 unspecified atom stereocenters. The van der Waals surface area contributed by atoms with Gasteiger partial charge < -0.3 is 0 Å². The summed E-state index contributed by atoms with van der Waals surface area (Å²) in [7, 11) is 0. The Morgan fingerprint density at radius 1 is 1.20 bits per heavy atom. The molecule has 0 spiro atoms. The molecule has 156 valence electrons. The molecule has 8 heteroatoms. The molecule has 0 bridgehead atoms. The van der Waals surface area contributed by atoms with Crippen molar-refractivity contribution in [3.05, 3.63) is 71.6 Å². The first-order chi connectivity index (χ1) is 14.2. The van der Waals surface area contributed by atoms with Crippen molar-refractivity contribution in [3.63, 3.8) is 0 Å². The molecule has 2 aromatic carbocycles. The lowest BCUT2D eigenvalue weighted by molar-refractivity contribution is -0.137. The van der Waals surface area contributed by atoms with Gasteiger partial charge in [-0.2, -0.15) is 13.2 Å². The molecule has 0 aromatic heterocycles. The summed E-state index contributed by atoms with van der Waals surface area (Å²) in [6.45, 7) is 3.92. The number of alkyl halides is 3. The fraction of sp³-hybridized carbons (Fsp3) is 0.273. The Balaban J connectivity index is 1.56. The number of halogens is 4. The first-order valence-corrected chi connectivity index (χ1v) is 9.56. The van der Waals surface area contributed by atoms with Crippen LogP contribution in [-0.4, -0.2) is 16.8 Å². The Morgan fingerprint density at radius 2 is 1.93 bits per heavy atom. The highest BCUT2D eigenvalue weighted by atomic mass is 19.4. The standard InChI is InChI=1S/C22H19F4N3O/c1-13-17-6-3-7-18(22(24,25)26)20(17)27-21(15-9-10-15)29(13)28-19(30)11-8-14-4-2-5-16(23)12-14/h2-7,12,15H,1,8-11H2,(H,28,30). The van der Waals surface area contributed by atoms with Gasteiger partial charge in [-0.1, -0.05) is 30.8 Å². The summed E-state index contributed by atoms with van der Waals surface area (Å²) in [4.78, 5) is 16.8. The average Bonchev–Trinajstić information content (AvgIpc) is 3.52. The zero-order valence-electron chi connectivity index (χ0n) is 16.0. The third-order valence-electron chi connectivity index (χ3n) is 5.09. The number of rotatable bonds is 5. The van der Waals surface area contributed by atoms with E-state index in [1.807, 2.05) is 0 Å². The summed E-state index contributed by atoms with van der Waals surface area (Å²) in [5.74, 6) is -0.398. The van der Waals surface area contributed by atoms with Crippen LogP contribution in [0.5, 0.6) is 0 Å². The van der Waals surface area contributed by atoms with Crippen LogP contribution in [0.15, 0.2) is 54.0 Å². The van der Waals surface area contributed by atoms with E-state index in [1.165, 1.54) is 29.3 Å². The number of hydrogen-bond acceptors (Lipinski definition) is 3. The number of nitrogens with zero attached hydrogens (tertiary/aromatic N) is 2. The van der Waals surface area contributed by atoms with Crippen molar-refractivity contribution in [2.45, 2.75) is 31.9 Å². The van der Waals surface area contributed by atoms with Gasteiger partial charge in [0.25, 0.3) is 0 Å². The highest BCUT2D eigenvalue weighted by Crippen LogP contribution is 2.45. The van der Waals surface area contributed by atoms with Crippen LogP contribution >= 0.6 is 0 Å². The van der Waals surface area contributed by atoms with Crippen molar-refractivity contribution in [2.75, 3.05) is 0 Å². The Morgan fingerprint density at radius 3 is 2.60 bits per heavy atom. The van der Waals surface area contributed by atoms with Crippen LogP contribution < -0.4 is 5.43 Å². The minimum atomic E-state index is -4.54. The van der Waals surface area contributed by atoms with Crippen molar-refractivity contribution >= 4 is 23.1 Å². The molecular formula is C22H19F4N3O. The van der Waals surface area contributed by atoms with Crippen molar-refractivity contribution in [1.29, 1.82) is 0 Å². The lowest BCUT2D eigenvalue weighted by Crippen LogP contribution is -2.46. The summed E-state index contributed by atoms with van der Waals surface area (Å²) in [6, 6.07) is 9.78. The van der Waals surface area contributed by atoms with Crippen molar-refractivity contribution in [3.8, 4) is 0 Å². The van der Waals surface area contributed by atoms with Crippen molar-refractivity contribution in [1.82, 2.24) is 10.4 Å². The SMILES string of the molecule is C=C1c2cccc(C(F)(F)F)c2N=C(C2CC2)N1NC(=O)CCc1cccc(F)c1.